The van der Waals surface area contributed by atoms with Crippen LogP contribution >= 0.6 is 15.9 Å². The Morgan fingerprint density at radius 1 is 1.54 bits per heavy atom. The number of nitrogens with zero attached hydrogens (tertiary/aromatic N) is 1. The van der Waals surface area contributed by atoms with Gasteiger partial charge in [-0.25, -0.2) is 4.39 Å². The van der Waals surface area contributed by atoms with Gasteiger partial charge in [-0.05, 0) is 27.9 Å². The van der Waals surface area contributed by atoms with Crippen LogP contribution in [0.25, 0.3) is 0 Å². The van der Waals surface area contributed by atoms with Crippen LogP contribution in [-0.4, -0.2) is 4.98 Å². The molecule has 1 heterocycles. The summed E-state index contributed by atoms with van der Waals surface area (Å²) in [5.74, 6) is -0.168. The SMILES string of the molecule is CC(C)C(N)c1ncc(Br)cc1F. The maximum Gasteiger partial charge on any atom is 0.147 e. The molecule has 13 heavy (non-hydrogen) atoms. The van der Waals surface area contributed by atoms with Crippen molar-refractivity contribution in [1.82, 2.24) is 4.98 Å². The van der Waals surface area contributed by atoms with Gasteiger partial charge in [-0.15, -0.1) is 0 Å². The zero-order valence-corrected chi connectivity index (χ0v) is 9.18. The highest BCUT2D eigenvalue weighted by Crippen LogP contribution is 2.21. The number of hydrogen-bond donors (Lipinski definition) is 1. The van der Waals surface area contributed by atoms with Crippen LogP contribution in [0.1, 0.15) is 25.6 Å². The zero-order valence-electron chi connectivity index (χ0n) is 7.59. The molecule has 0 spiro atoms. The highest BCUT2D eigenvalue weighted by molar-refractivity contribution is 9.10. The number of pyridine rings is 1. The topological polar surface area (TPSA) is 38.9 Å². The Hall–Kier alpha value is -0.480. The van der Waals surface area contributed by atoms with Gasteiger partial charge >= 0.3 is 0 Å². The molecular formula is C9H12BrFN2. The van der Waals surface area contributed by atoms with Crippen molar-refractivity contribution in [2.24, 2.45) is 11.7 Å². The molecule has 0 fully saturated rings. The van der Waals surface area contributed by atoms with Crippen molar-refractivity contribution in [3.8, 4) is 0 Å². The lowest BCUT2D eigenvalue weighted by atomic mass is 10.0. The largest absolute Gasteiger partial charge is 0.322 e. The van der Waals surface area contributed by atoms with Crippen molar-refractivity contribution in [2.75, 3.05) is 0 Å². The first-order chi connectivity index (χ1) is 6.02. The lowest BCUT2D eigenvalue weighted by Gasteiger charge is -2.15. The van der Waals surface area contributed by atoms with E-state index in [2.05, 4.69) is 20.9 Å². The van der Waals surface area contributed by atoms with E-state index in [-0.39, 0.29) is 17.8 Å². The maximum absolute atomic E-state index is 13.3. The molecule has 72 valence electrons. The number of aromatic nitrogens is 1. The van der Waals surface area contributed by atoms with Crippen LogP contribution in [0.3, 0.4) is 0 Å². The van der Waals surface area contributed by atoms with Gasteiger partial charge in [0.15, 0.2) is 0 Å². The van der Waals surface area contributed by atoms with E-state index in [0.717, 1.165) is 0 Å². The maximum atomic E-state index is 13.3. The van der Waals surface area contributed by atoms with Gasteiger partial charge in [0.1, 0.15) is 5.82 Å². The third-order valence-electron chi connectivity index (χ3n) is 1.87. The molecule has 1 aromatic rings. The predicted octanol–water partition coefficient (Wildman–Crippen LogP) is 2.64. The standard InChI is InChI=1S/C9H12BrFN2/c1-5(2)8(12)9-7(11)3-6(10)4-13-9/h3-5,8H,12H2,1-2H3. The van der Waals surface area contributed by atoms with E-state index in [1.165, 1.54) is 6.07 Å². The van der Waals surface area contributed by atoms with Crippen LogP contribution < -0.4 is 5.73 Å². The lowest BCUT2D eigenvalue weighted by molar-refractivity contribution is 0.471. The molecule has 0 saturated heterocycles. The van der Waals surface area contributed by atoms with Gasteiger partial charge in [0.25, 0.3) is 0 Å². The molecule has 0 saturated carbocycles. The minimum Gasteiger partial charge on any atom is -0.322 e. The molecule has 1 unspecified atom stereocenters. The first-order valence-electron chi connectivity index (χ1n) is 4.09. The van der Waals surface area contributed by atoms with Crippen molar-refractivity contribution in [2.45, 2.75) is 19.9 Å². The zero-order chi connectivity index (χ0) is 10.0. The van der Waals surface area contributed by atoms with Crippen LogP contribution in [0.15, 0.2) is 16.7 Å². The van der Waals surface area contributed by atoms with Crippen LogP contribution in [0.5, 0.6) is 0 Å². The summed E-state index contributed by atoms with van der Waals surface area (Å²) in [6.07, 6.45) is 1.56. The average Bonchev–Trinajstić information content (AvgIpc) is 2.03. The molecule has 0 aliphatic carbocycles. The van der Waals surface area contributed by atoms with E-state index in [1.54, 1.807) is 6.20 Å². The molecule has 0 amide bonds. The third-order valence-corrected chi connectivity index (χ3v) is 2.30. The fraction of sp³-hybridized carbons (Fsp3) is 0.444. The highest BCUT2D eigenvalue weighted by atomic mass is 79.9. The minimum atomic E-state index is -0.351. The quantitative estimate of drug-likeness (QED) is 0.872. The minimum absolute atomic E-state index is 0.183. The van der Waals surface area contributed by atoms with Gasteiger partial charge in [-0.2, -0.15) is 0 Å². The molecule has 2 N–H and O–H groups in total. The highest BCUT2D eigenvalue weighted by Gasteiger charge is 2.16. The van der Waals surface area contributed by atoms with Gasteiger partial charge in [0.05, 0.1) is 11.7 Å². The van der Waals surface area contributed by atoms with Crippen LogP contribution in [0, 0.1) is 11.7 Å². The van der Waals surface area contributed by atoms with Gasteiger partial charge in [0, 0.05) is 10.7 Å². The molecule has 0 aliphatic rings. The molecule has 0 bridgehead atoms. The third kappa shape index (κ3) is 2.48. The monoisotopic (exact) mass is 246 g/mol. The number of hydrogen-bond acceptors (Lipinski definition) is 2. The molecule has 1 atom stereocenters. The number of rotatable bonds is 2. The molecule has 4 heteroatoms. The van der Waals surface area contributed by atoms with Crippen molar-refractivity contribution in [3.05, 3.63) is 28.2 Å². The van der Waals surface area contributed by atoms with Crippen molar-refractivity contribution in [3.63, 3.8) is 0 Å². The van der Waals surface area contributed by atoms with Gasteiger partial charge in [-0.3, -0.25) is 4.98 Å². The van der Waals surface area contributed by atoms with Crippen LogP contribution in [-0.2, 0) is 0 Å². The summed E-state index contributed by atoms with van der Waals surface area (Å²) in [6, 6.07) is 1.04. The lowest BCUT2D eigenvalue weighted by Crippen LogP contribution is -2.19. The van der Waals surface area contributed by atoms with Crippen LogP contribution in [0.4, 0.5) is 4.39 Å². The Balaban J connectivity index is 3.01. The first-order valence-corrected chi connectivity index (χ1v) is 4.88. The Morgan fingerprint density at radius 2 is 2.15 bits per heavy atom. The molecule has 2 nitrogen and oxygen atoms in total. The fourth-order valence-electron chi connectivity index (χ4n) is 0.986. The first kappa shape index (κ1) is 10.6. The predicted molar refractivity (Wildman–Crippen MR) is 53.7 cm³/mol. The van der Waals surface area contributed by atoms with Crippen molar-refractivity contribution < 1.29 is 4.39 Å². The number of nitrogens with two attached hydrogens (primary N) is 1. The molecule has 1 aromatic heterocycles. The Labute approximate surface area is 85.5 Å². The van der Waals surface area contributed by atoms with E-state index in [4.69, 9.17) is 5.73 Å². The molecular weight excluding hydrogens is 235 g/mol. The summed E-state index contributed by atoms with van der Waals surface area (Å²) in [7, 11) is 0. The van der Waals surface area contributed by atoms with E-state index in [0.29, 0.717) is 10.2 Å². The van der Waals surface area contributed by atoms with E-state index in [1.807, 2.05) is 13.8 Å². The summed E-state index contributed by atoms with van der Waals surface area (Å²) >= 11 is 3.14. The summed E-state index contributed by atoms with van der Waals surface area (Å²) in [4.78, 5) is 3.95. The Bertz CT molecular complexity index is 302. The van der Waals surface area contributed by atoms with Crippen molar-refractivity contribution >= 4 is 15.9 Å². The van der Waals surface area contributed by atoms with E-state index >= 15 is 0 Å². The van der Waals surface area contributed by atoms with E-state index < -0.39 is 0 Å². The number of halogens is 2. The smallest absolute Gasteiger partial charge is 0.147 e. The van der Waals surface area contributed by atoms with Crippen LogP contribution in [0.2, 0.25) is 0 Å². The molecule has 0 aromatic carbocycles. The summed E-state index contributed by atoms with van der Waals surface area (Å²) < 4.78 is 13.9. The normalized spacial score (nSPS) is 13.4. The Kier molecular flexibility index (Phi) is 3.39. The Morgan fingerprint density at radius 3 is 2.62 bits per heavy atom. The van der Waals surface area contributed by atoms with E-state index in [9.17, 15) is 4.39 Å². The summed E-state index contributed by atoms with van der Waals surface area (Å²) in [5, 5.41) is 0. The summed E-state index contributed by atoms with van der Waals surface area (Å²) in [5.41, 5.74) is 6.10. The molecule has 0 radical (unpaired) electrons. The average molecular weight is 247 g/mol. The molecule has 1 rings (SSSR count). The van der Waals surface area contributed by atoms with Gasteiger partial charge < -0.3 is 5.73 Å². The second-order valence-electron chi connectivity index (χ2n) is 3.29. The fourth-order valence-corrected chi connectivity index (χ4v) is 1.29. The second-order valence-corrected chi connectivity index (χ2v) is 4.21. The summed E-state index contributed by atoms with van der Waals surface area (Å²) in [6.45, 7) is 3.88. The second kappa shape index (κ2) is 4.15. The van der Waals surface area contributed by atoms with Gasteiger partial charge in [0.2, 0.25) is 0 Å². The van der Waals surface area contributed by atoms with Gasteiger partial charge in [-0.1, -0.05) is 13.8 Å². The molecule has 0 aliphatic heterocycles. The van der Waals surface area contributed by atoms with Crippen molar-refractivity contribution in [1.29, 1.82) is 0 Å².